The number of aliphatic imine (C=N–C) groups is 1. The van der Waals surface area contributed by atoms with Crippen molar-refractivity contribution in [3.8, 4) is 0 Å². The van der Waals surface area contributed by atoms with E-state index < -0.39 is 0 Å². The normalized spacial score (nSPS) is 18.5. The third kappa shape index (κ3) is 7.29. The van der Waals surface area contributed by atoms with E-state index in [0.29, 0.717) is 32.3 Å². The molecule has 2 aliphatic heterocycles. The van der Waals surface area contributed by atoms with Crippen LogP contribution in [0, 0.1) is 0 Å². The number of carbonyl (C=O) groups is 1. The van der Waals surface area contributed by atoms with Crippen LogP contribution in [-0.4, -0.2) is 67.3 Å². The zero-order chi connectivity index (χ0) is 21.9. The Morgan fingerprint density at radius 1 is 1.16 bits per heavy atom. The highest BCUT2D eigenvalue weighted by Crippen LogP contribution is 2.18. The van der Waals surface area contributed by atoms with Gasteiger partial charge in [0.25, 0.3) is 0 Å². The molecule has 0 aliphatic carbocycles. The molecule has 2 fully saturated rings. The number of rotatable bonds is 6. The fourth-order valence-electron chi connectivity index (χ4n) is 4.14. The van der Waals surface area contributed by atoms with Gasteiger partial charge in [-0.2, -0.15) is 0 Å². The largest absolute Gasteiger partial charge is 0.450 e. The van der Waals surface area contributed by atoms with Gasteiger partial charge in [-0.3, -0.25) is 0 Å². The van der Waals surface area contributed by atoms with Crippen molar-refractivity contribution in [3.05, 3.63) is 23.9 Å². The van der Waals surface area contributed by atoms with E-state index in [0.717, 1.165) is 44.3 Å². The van der Waals surface area contributed by atoms with Crippen molar-refractivity contribution in [2.75, 3.05) is 44.2 Å². The van der Waals surface area contributed by atoms with E-state index in [4.69, 9.17) is 9.73 Å². The van der Waals surface area contributed by atoms with Gasteiger partial charge in [0.1, 0.15) is 5.82 Å². The molecule has 0 aromatic carbocycles. The minimum absolute atomic E-state index is 0.209. The number of nitrogens with one attached hydrogen (secondary N) is 2. The Kier molecular flexibility index (Phi) is 9.24. The van der Waals surface area contributed by atoms with Gasteiger partial charge in [0.2, 0.25) is 0 Å². The molecule has 3 rings (SSSR count). The molecule has 2 aliphatic rings. The quantitative estimate of drug-likeness (QED) is 0.533. The maximum atomic E-state index is 11.9. The average molecular weight is 431 g/mol. The van der Waals surface area contributed by atoms with Crippen LogP contribution in [0.15, 0.2) is 23.3 Å². The van der Waals surface area contributed by atoms with Gasteiger partial charge in [0, 0.05) is 45.0 Å². The third-order valence-electron chi connectivity index (χ3n) is 5.87. The molecule has 1 amide bonds. The molecule has 0 bridgehead atoms. The minimum atomic E-state index is -0.209. The molecule has 0 unspecified atom stereocenters. The van der Waals surface area contributed by atoms with Crippen molar-refractivity contribution in [2.45, 2.75) is 65.0 Å². The summed E-state index contributed by atoms with van der Waals surface area (Å²) in [5.74, 6) is 1.89. The Hall–Kier alpha value is -2.51. The molecule has 0 radical (unpaired) electrons. The van der Waals surface area contributed by atoms with Crippen molar-refractivity contribution in [1.82, 2.24) is 20.5 Å². The van der Waals surface area contributed by atoms with Gasteiger partial charge in [0.15, 0.2) is 5.96 Å². The highest BCUT2D eigenvalue weighted by molar-refractivity contribution is 5.80. The number of pyridine rings is 1. The minimum Gasteiger partial charge on any atom is -0.450 e. The molecule has 1 aromatic rings. The second kappa shape index (κ2) is 12.4. The molecule has 0 saturated carbocycles. The number of guanidine groups is 1. The van der Waals surface area contributed by atoms with Crippen LogP contribution in [0.2, 0.25) is 0 Å². The second-order valence-electron chi connectivity index (χ2n) is 8.22. The van der Waals surface area contributed by atoms with Gasteiger partial charge >= 0.3 is 6.09 Å². The molecule has 2 N–H and O–H groups in total. The van der Waals surface area contributed by atoms with Crippen LogP contribution in [-0.2, 0) is 11.3 Å². The second-order valence-corrected chi connectivity index (χ2v) is 8.22. The average Bonchev–Trinajstić information content (AvgIpc) is 3.08. The van der Waals surface area contributed by atoms with E-state index in [1.807, 2.05) is 19.2 Å². The van der Waals surface area contributed by atoms with Gasteiger partial charge < -0.3 is 25.2 Å². The van der Waals surface area contributed by atoms with Crippen LogP contribution in [0.25, 0.3) is 0 Å². The van der Waals surface area contributed by atoms with Crippen LogP contribution in [0.1, 0.15) is 57.9 Å². The topological polar surface area (TPSA) is 82.1 Å². The Balaban J connectivity index is 1.55. The molecule has 8 nitrogen and oxygen atoms in total. The maximum Gasteiger partial charge on any atom is 0.409 e. The fraction of sp³-hybridized carbons (Fsp3) is 0.696. The summed E-state index contributed by atoms with van der Waals surface area (Å²) >= 11 is 0. The first-order chi connectivity index (χ1) is 15.2. The Bertz CT molecular complexity index is 710. The number of amides is 1. The number of hydrogen-bond donors (Lipinski definition) is 2. The lowest BCUT2D eigenvalue weighted by molar-refractivity contribution is 0.0963. The molecule has 2 saturated heterocycles. The molecular weight excluding hydrogens is 392 g/mol. The van der Waals surface area contributed by atoms with Crippen molar-refractivity contribution in [1.29, 1.82) is 0 Å². The highest BCUT2D eigenvalue weighted by Gasteiger charge is 2.24. The molecule has 31 heavy (non-hydrogen) atoms. The molecule has 172 valence electrons. The summed E-state index contributed by atoms with van der Waals surface area (Å²) in [5.41, 5.74) is 1.17. The number of aromatic nitrogens is 1. The first-order valence-electron chi connectivity index (χ1n) is 11.9. The lowest BCUT2D eigenvalue weighted by atomic mass is 10.1. The summed E-state index contributed by atoms with van der Waals surface area (Å²) in [6.07, 6.45) is 8.58. The first-order valence-corrected chi connectivity index (χ1v) is 11.9. The first kappa shape index (κ1) is 23.2. The monoisotopic (exact) mass is 430 g/mol. The highest BCUT2D eigenvalue weighted by atomic mass is 16.6. The van der Waals surface area contributed by atoms with E-state index in [-0.39, 0.29) is 6.09 Å². The van der Waals surface area contributed by atoms with E-state index in [1.54, 1.807) is 4.90 Å². The van der Waals surface area contributed by atoms with Crippen LogP contribution in [0.5, 0.6) is 0 Å². The van der Waals surface area contributed by atoms with Crippen molar-refractivity contribution >= 4 is 17.9 Å². The standard InChI is InChI=1S/C23H38N6O2/c1-3-24-22(27-20-10-15-29(16-11-20)23(30)31-4-2)26-18-19-9-12-25-21(17-19)28-13-7-5-6-8-14-28/h9,12,17,20H,3-8,10-11,13-16,18H2,1-2H3,(H2,24,26,27). The number of anilines is 1. The van der Waals surface area contributed by atoms with Crippen molar-refractivity contribution in [2.24, 2.45) is 4.99 Å². The third-order valence-corrected chi connectivity index (χ3v) is 5.87. The summed E-state index contributed by atoms with van der Waals surface area (Å²) in [5, 5.41) is 6.89. The number of carbonyl (C=O) groups excluding carboxylic acids is 1. The molecular formula is C23H38N6O2. The Morgan fingerprint density at radius 3 is 2.58 bits per heavy atom. The predicted octanol–water partition coefficient (Wildman–Crippen LogP) is 3.14. The summed E-state index contributed by atoms with van der Waals surface area (Å²) in [6, 6.07) is 4.52. The molecule has 3 heterocycles. The van der Waals surface area contributed by atoms with Gasteiger partial charge in [-0.1, -0.05) is 12.8 Å². The predicted molar refractivity (Wildman–Crippen MR) is 124 cm³/mol. The SMILES string of the molecule is CCNC(=NCc1ccnc(N2CCCCCC2)c1)NC1CCN(C(=O)OCC)CC1. The Labute approximate surface area is 186 Å². The van der Waals surface area contributed by atoms with Crippen LogP contribution < -0.4 is 15.5 Å². The zero-order valence-electron chi connectivity index (χ0n) is 19.1. The number of hydrogen-bond acceptors (Lipinski definition) is 5. The summed E-state index contributed by atoms with van der Waals surface area (Å²) < 4.78 is 5.11. The van der Waals surface area contributed by atoms with Gasteiger partial charge in [-0.05, 0) is 57.2 Å². The van der Waals surface area contributed by atoms with Gasteiger partial charge in [-0.15, -0.1) is 0 Å². The fourth-order valence-corrected chi connectivity index (χ4v) is 4.14. The van der Waals surface area contributed by atoms with Gasteiger partial charge in [-0.25, -0.2) is 14.8 Å². The Morgan fingerprint density at radius 2 is 1.90 bits per heavy atom. The smallest absolute Gasteiger partial charge is 0.409 e. The number of piperidine rings is 1. The van der Waals surface area contributed by atoms with Crippen LogP contribution in [0.3, 0.4) is 0 Å². The van der Waals surface area contributed by atoms with Crippen LogP contribution >= 0.6 is 0 Å². The maximum absolute atomic E-state index is 11.9. The number of ether oxygens (including phenoxy) is 1. The van der Waals surface area contributed by atoms with E-state index in [2.05, 4.69) is 33.5 Å². The van der Waals surface area contributed by atoms with E-state index in [1.165, 1.54) is 31.2 Å². The van der Waals surface area contributed by atoms with Crippen LogP contribution in [0.4, 0.5) is 10.6 Å². The van der Waals surface area contributed by atoms with Gasteiger partial charge in [0.05, 0.1) is 13.2 Å². The van der Waals surface area contributed by atoms with E-state index >= 15 is 0 Å². The zero-order valence-corrected chi connectivity index (χ0v) is 19.1. The number of likely N-dealkylation sites (tertiary alicyclic amines) is 1. The molecule has 1 aromatic heterocycles. The number of nitrogens with zero attached hydrogens (tertiary/aromatic N) is 4. The summed E-state index contributed by atoms with van der Waals surface area (Å²) in [7, 11) is 0. The van der Waals surface area contributed by atoms with E-state index in [9.17, 15) is 4.79 Å². The lowest BCUT2D eigenvalue weighted by Gasteiger charge is -2.32. The lowest BCUT2D eigenvalue weighted by Crippen LogP contribution is -2.49. The molecule has 8 heteroatoms. The molecule has 0 spiro atoms. The van der Waals surface area contributed by atoms with Crippen molar-refractivity contribution in [3.63, 3.8) is 0 Å². The summed E-state index contributed by atoms with van der Waals surface area (Å²) in [4.78, 5) is 25.5. The van der Waals surface area contributed by atoms with Crippen molar-refractivity contribution < 1.29 is 9.53 Å². The summed E-state index contributed by atoms with van der Waals surface area (Å²) in [6.45, 7) is 9.35. The molecule has 0 atom stereocenters.